The number of hydrogen-bond acceptors (Lipinski definition) is 6. The van der Waals surface area contributed by atoms with Crippen LogP contribution in [-0.2, 0) is 16.0 Å². The number of aryl methyl sites for hydroxylation is 1. The van der Waals surface area contributed by atoms with Crippen molar-refractivity contribution in [3.63, 3.8) is 0 Å². The fourth-order valence-electron chi connectivity index (χ4n) is 4.40. The van der Waals surface area contributed by atoms with Gasteiger partial charge in [-0.3, -0.25) is 19.8 Å². The lowest BCUT2D eigenvalue weighted by molar-refractivity contribution is -0.140. The van der Waals surface area contributed by atoms with E-state index in [0.29, 0.717) is 5.13 Å². The number of nitrogens with one attached hydrogen (secondary N) is 2. The van der Waals surface area contributed by atoms with Crippen molar-refractivity contribution in [2.75, 3.05) is 18.4 Å². The van der Waals surface area contributed by atoms with E-state index < -0.39 is 6.03 Å². The number of urea groups is 1. The van der Waals surface area contributed by atoms with Crippen molar-refractivity contribution in [2.45, 2.75) is 32.6 Å². The number of nitrogens with zero attached hydrogens (tertiary/aromatic N) is 3. The zero-order chi connectivity index (χ0) is 19.0. The van der Waals surface area contributed by atoms with Gasteiger partial charge in [0.15, 0.2) is 0 Å². The monoisotopic (exact) mass is 389 g/mol. The number of aromatic nitrogens is 2. The number of allylic oxidation sites excluding steroid dienone is 2. The Morgan fingerprint density at radius 3 is 2.44 bits per heavy atom. The summed E-state index contributed by atoms with van der Waals surface area (Å²) in [5.41, 5.74) is 0. The molecule has 2 bridgehead atoms. The van der Waals surface area contributed by atoms with Crippen molar-refractivity contribution in [3.05, 3.63) is 17.2 Å². The molecule has 2 heterocycles. The number of imide groups is 1. The number of likely N-dealkylation sites (tertiary alicyclic amines) is 1. The molecule has 2 fully saturated rings. The van der Waals surface area contributed by atoms with Crippen molar-refractivity contribution >= 4 is 34.3 Å². The largest absolute Gasteiger partial charge is 0.336 e. The number of anilines is 1. The Bertz CT molecular complexity index is 760. The highest BCUT2D eigenvalue weighted by Crippen LogP contribution is 2.49. The van der Waals surface area contributed by atoms with Crippen LogP contribution in [0.3, 0.4) is 0 Å². The normalized spacial score (nSPS) is 28.6. The molecule has 0 aromatic carbocycles. The summed E-state index contributed by atoms with van der Waals surface area (Å²) in [4.78, 5) is 38.7. The van der Waals surface area contributed by atoms with Crippen molar-refractivity contribution in [1.82, 2.24) is 20.4 Å². The Morgan fingerprint density at radius 2 is 1.85 bits per heavy atom. The number of amides is 4. The van der Waals surface area contributed by atoms with Gasteiger partial charge in [-0.15, -0.1) is 10.2 Å². The molecule has 3 aliphatic carbocycles. The Kier molecular flexibility index (Phi) is 4.94. The van der Waals surface area contributed by atoms with Crippen molar-refractivity contribution < 1.29 is 14.4 Å². The van der Waals surface area contributed by atoms with Gasteiger partial charge in [0.05, 0.1) is 11.8 Å². The third kappa shape index (κ3) is 3.36. The van der Waals surface area contributed by atoms with Crippen LogP contribution < -0.4 is 10.6 Å². The molecule has 5 rings (SSSR count). The molecule has 0 spiro atoms. The van der Waals surface area contributed by atoms with Gasteiger partial charge in [-0.1, -0.05) is 30.4 Å². The summed E-state index contributed by atoms with van der Waals surface area (Å²) >= 11 is 1.35. The standard InChI is InChI=1S/C18H23N5O3S/c1-2-3-12-21-22-18(27-12)20-17(26)19-8-9-23-15(24)13-10-4-5-11(7-6-10)14(13)16(23)25/h4-5,10-11,13-14H,2-3,6-9H2,1H3,(H2,19,20,22,26)/t10-,11-,13-,14-/m0/s1. The Labute approximate surface area is 161 Å². The topological polar surface area (TPSA) is 104 Å². The molecule has 4 amide bonds. The van der Waals surface area contributed by atoms with E-state index in [0.717, 1.165) is 30.7 Å². The van der Waals surface area contributed by atoms with Crippen LogP contribution in [-0.4, -0.2) is 46.0 Å². The van der Waals surface area contributed by atoms with Crippen LogP contribution in [0.15, 0.2) is 12.2 Å². The smallest absolute Gasteiger partial charge is 0.321 e. The second kappa shape index (κ2) is 7.38. The van der Waals surface area contributed by atoms with Crippen molar-refractivity contribution in [1.29, 1.82) is 0 Å². The zero-order valence-corrected chi connectivity index (χ0v) is 16.0. The van der Waals surface area contributed by atoms with E-state index in [9.17, 15) is 14.4 Å². The van der Waals surface area contributed by atoms with E-state index in [1.807, 2.05) is 0 Å². The van der Waals surface area contributed by atoms with Gasteiger partial charge in [0.1, 0.15) is 5.01 Å². The maximum Gasteiger partial charge on any atom is 0.321 e. The molecule has 9 heteroatoms. The molecule has 4 atom stereocenters. The molecule has 2 N–H and O–H groups in total. The van der Waals surface area contributed by atoms with Crippen LogP contribution in [0, 0.1) is 23.7 Å². The number of carbonyl (C=O) groups excluding carboxylic acids is 3. The van der Waals surface area contributed by atoms with Gasteiger partial charge in [0.2, 0.25) is 16.9 Å². The third-order valence-corrected chi connectivity index (χ3v) is 6.52. The maximum absolute atomic E-state index is 12.7. The van der Waals surface area contributed by atoms with E-state index in [2.05, 4.69) is 39.9 Å². The first kappa shape index (κ1) is 18.1. The predicted molar refractivity (Wildman–Crippen MR) is 100.0 cm³/mol. The lowest BCUT2D eigenvalue weighted by Crippen LogP contribution is -2.40. The second-order valence-corrected chi connectivity index (χ2v) is 8.36. The molecule has 1 aliphatic heterocycles. The second-order valence-electron chi connectivity index (χ2n) is 7.30. The van der Waals surface area contributed by atoms with Crippen LogP contribution >= 0.6 is 11.3 Å². The molecular weight excluding hydrogens is 366 g/mol. The van der Waals surface area contributed by atoms with E-state index in [4.69, 9.17) is 0 Å². The first-order chi connectivity index (χ1) is 13.1. The average molecular weight is 389 g/mol. The Hall–Kier alpha value is -2.29. The molecular formula is C18H23N5O3S. The van der Waals surface area contributed by atoms with E-state index in [-0.39, 0.29) is 48.6 Å². The van der Waals surface area contributed by atoms with Gasteiger partial charge >= 0.3 is 6.03 Å². The average Bonchev–Trinajstić information content (AvgIpc) is 3.21. The summed E-state index contributed by atoms with van der Waals surface area (Å²) in [5.74, 6) is -0.194. The molecule has 0 radical (unpaired) electrons. The minimum absolute atomic E-state index is 0.0837. The lowest BCUT2D eigenvalue weighted by Gasteiger charge is -2.38. The summed E-state index contributed by atoms with van der Waals surface area (Å²) in [6.45, 7) is 2.47. The zero-order valence-electron chi connectivity index (χ0n) is 15.2. The SMILES string of the molecule is CCCc1nnc(NC(=O)NCCN2C(=O)[C@@H]3[C@@H](C2=O)[C@H]2C=C[C@H]3CC2)s1. The van der Waals surface area contributed by atoms with Crippen LogP contribution in [0.4, 0.5) is 9.93 Å². The molecule has 144 valence electrons. The third-order valence-electron chi connectivity index (χ3n) is 5.62. The summed E-state index contributed by atoms with van der Waals surface area (Å²) in [6.07, 6.45) is 7.97. The van der Waals surface area contributed by atoms with Crippen LogP contribution in [0.5, 0.6) is 0 Å². The molecule has 1 saturated carbocycles. The Morgan fingerprint density at radius 1 is 1.19 bits per heavy atom. The number of fused-ring (bicyclic) bond motifs is 1. The molecule has 8 nitrogen and oxygen atoms in total. The first-order valence-electron chi connectivity index (χ1n) is 9.49. The highest BCUT2D eigenvalue weighted by Gasteiger charge is 2.56. The first-order valence-corrected chi connectivity index (χ1v) is 10.3. The minimum atomic E-state index is -0.410. The number of rotatable bonds is 6. The highest BCUT2D eigenvalue weighted by molar-refractivity contribution is 7.15. The molecule has 27 heavy (non-hydrogen) atoms. The molecule has 4 aliphatic rings. The van der Waals surface area contributed by atoms with Gasteiger partial charge in [-0.2, -0.15) is 0 Å². The Balaban J connectivity index is 1.28. The fraction of sp³-hybridized carbons (Fsp3) is 0.611. The van der Waals surface area contributed by atoms with Crippen LogP contribution in [0.1, 0.15) is 31.2 Å². The van der Waals surface area contributed by atoms with E-state index in [1.165, 1.54) is 16.2 Å². The van der Waals surface area contributed by atoms with E-state index >= 15 is 0 Å². The highest BCUT2D eigenvalue weighted by atomic mass is 32.1. The van der Waals surface area contributed by atoms with Crippen LogP contribution in [0.25, 0.3) is 0 Å². The number of carbonyl (C=O) groups is 3. The molecule has 1 aromatic heterocycles. The molecule has 1 aromatic rings. The van der Waals surface area contributed by atoms with Crippen LogP contribution in [0.2, 0.25) is 0 Å². The predicted octanol–water partition coefficient (Wildman–Crippen LogP) is 1.81. The maximum atomic E-state index is 12.7. The van der Waals surface area contributed by atoms with Gasteiger partial charge in [0.25, 0.3) is 0 Å². The van der Waals surface area contributed by atoms with Gasteiger partial charge < -0.3 is 5.32 Å². The minimum Gasteiger partial charge on any atom is -0.336 e. The van der Waals surface area contributed by atoms with E-state index in [1.54, 1.807) is 0 Å². The molecule has 0 unspecified atom stereocenters. The fourth-order valence-corrected chi connectivity index (χ4v) is 5.23. The quantitative estimate of drug-likeness (QED) is 0.570. The van der Waals surface area contributed by atoms with Crippen molar-refractivity contribution in [3.8, 4) is 0 Å². The number of hydrogen-bond donors (Lipinski definition) is 2. The summed E-state index contributed by atoms with van der Waals surface area (Å²) < 4.78 is 0. The summed E-state index contributed by atoms with van der Waals surface area (Å²) in [6, 6.07) is -0.410. The molecule has 1 saturated heterocycles. The summed E-state index contributed by atoms with van der Waals surface area (Å²) in [7, 11) is 0. The van der Waals surface area contributed by atoms with Gasteiger partial charge in [-0.25, -0.2) is 4.79 Å². The summed E-state index contributed by atoms with van der Waals surface area (Å²) in [5, 5.41) is 14.6. The van der Waals surface area contributed by atoms with Gasteiger partial charge in [-0.05, 0) is 31.1 Å². The van der Waals surface area contributed by atoms with Gasteiger partial charge in [0, 0.05) is 19.5 Å². The lowest BCUT2D eigenvalue weighted by atomic mass is 9.63. The van der Waals surface area contributed by atoms with Crippen molar-refractivity contribution in [2.24, 2.45) is 23.7 Å².